The maximum absolute atomic E-state index is 12.1. The van der Waals surface area contributed by atoms with Crippen LogP contribution in [0.3, 0.4) is 0 Å². The van der Waals surface area contributed by atoms with Gasteiger partial charge < -0.3 is 5.11 Å². The second kappa shape index (κ2) is 7.02. The predicted molar refractivity (Wildman–Crippen MR) is 96.1 cm³/mol. The molecule has 3 aromatic rings. The van der Waals surface area contributed by atoms with Crippen molar-refractivity contribution in [3.05, 3.63) is 60.7 Å². The van der Waals surface area contributed by atoms with E-state index in [0.717, 1.165) is 26.0 Å². The van der Waals surface area contributed by atoms with Gasteiger partial charge in [0, 0.05) is 21.2 Å². The predicted octanol–water partition coefficient (Wildman–Crippen LogP) is 4.08. The average Bonchev–Trinajstić information content (AvgIpc) is 3.25. The highest BCUT2D eigenvalue weighted by atomic mass is 35.5. The number of sulfonamides is 1. The second-order valence-electron chi connectivity index (χ2n) is 4.61. The fourth-order valence-electron chi connectivity index (χ4n) is 1.90. The topological polar surface area (TPSA) is 66.4 Å². The van der Waals surface area contributed by atoms with E-state index >= 15 is 0 Å². The van der Waals surface area contributed by atoms with Gasteiger partial charge in [0.2, 0.25) is 10.0 Å². The lowest BCUT2D eigenvalue weighted by molar-refractivity contribution is 0.228. The molecule has 122 valence electrons. The Kier molecular flexibility index (Phi) is 5.22. The van der Waals surface area contributed by atoms with Gasteiger partial charge in [-0.3, -0.25) is 0 Å². The number of aliphatic hydroxyl groups is 1. The molecule has 0 spiro atoms. The van der Waals surface area contributed by atoms with Crippen molar-refractivity contribution in [3.8, 4) is 0 Å². The Hall–Kier alpha value is -0.740. The Morgan fingerprint density at radius 1 is 1.13 bits per heavy atom. The smallest absolute Gasteiger partial charge is 0.250 e. The molecule has 3 aromatic heterocycles. The molecule has 1 atom stereocenters. The van der Waals surface area contributed by atoms with Crippen LogP contribution in [0.15, 0.2) is 46.0 Å². The number of aliphatic hydroxyl groups excluding tert-OH is 1. The summed E-state index contributed by atoms with van der Waals surface area (Å²) in [6, 6.07) is 10.4. The van der Waals surface area contributed by atoms with Crippen molar-refractivity contribution in [2.24, 2.45) is 0 Å². The van der Waals surface area contributed by atoms with Crippen molar-refractivity contribution in [1.29, 1.82) is 0 Å². The third-order valence-corrected chi connectivity index (χ3v) is 8.20. The summed E-state index contributed by atoms with van der Waals surface area (Å²) in [4.78, 5) is 2.50. The number of hydrogen-bond acceptors (Lipinski definition) is 6. The molecule has 4 nitrogen and oxygen atoms in total. The lowest BCUT2D eigenvalue weighted by Gasteiger charge is -2.05. The van der Waals surface area contributed by atoms with E-state index in [4.69, 9.17) is 11.6 Å². The van der Waals surface area contributed by atoms with Crippen LogP contribution in [0.25, 0.3) is 0 Å². The van der Waals surface area contributed by atoms with Crippen LogP contribution >= 0.6 is 45.6 Å². The van der Waals surface area contributed by atoms with E-state index in [0.29, 0.717) is 4.34 Å². The molecule has 3 rings (SSSR count). The minimum Gasteiger partial charge on any atom is -0.382 e. The van der Waals surface area contributed by atoms with Crippen molar-refractivity contribution in [3.63, 3.8) is 0 Å². The molecule has 0 aliphatic carbocycles. The summed E-state index contributed by atoms with van der Waals surface area (Å²) in [5.74, 6) is 0. The molecule has 0 amide bonds. The number of thiophene rings is 3. The lowest BCUT2D eigenvalue weighted by Crippen LogP contribution is -2.21. The van der Waals surface area contributed by atoms with Gasteiger partial charge in [-0.05, 0) is 35.7 Å². The zero-order valence-corrected chi connectivity index (χ0v) is 15.6. The molecule has 0 aliphatic heterocycles. The first kappa shape index (κ1) is 17.1. The van der Waals surface area contributed by atoms with Crippen molar-refractivity contribution in [2.45, 2.75) is 16.9 Å². The van der Waals surface area contributed by atoms with Crippen molar-refractivity contribution in [1.82, 2.24) is 4.72 Å². The molecular weight excluding hydrogens is 394 g/mol. The Morgan fingerprint density at radius 2 is 1.96 bits per heavy atom. The first-order chi connectivity index (χ1) is 11.0. The van der Waals surface area contributed by atoms with Crippen molar-refractivity contribution in [2.75, 3.05) is 0 Å². The Bertz CT molecular complexity index is 883. The first-order valence-electron chi connectivity index (χ1n) is 6.51. The quantitative estimate of drug-likeness (QED) is 0.649. The fourth-order valence-corrected chi connectivity index (χ4v) is 6.29. The van der Waals surface area contributed by atoms with Crippen LogP contribution in [0, 0.1) is 0 Å². The van der Waals surface area contributed by atoms with Crippen LogP contribution in [0.4, 0.5) is 0 Å². The highest BCUT2D eigenvalue weighted by molar-refractivity contribution is 7.91. The zero-order chi connectivity index (χ0) is 16.4. The fraction of sp³-hybridized carbons (Fsp3) is 0.143. The monoisotopic (exact) mass is 405 g/mol. The lowest BCUT2D eigenvalue weighted by atomic mass is 10.2. The van der Waals surface area contributed by atoms with E-state index < -0.39 is 16.1 Å². The van der Waals surface area contributed by atoms with Gasteiger partial charge in [-0.1, -0.05) is 17.7 Å². The van der Waals surface area contributed by atoms with Gasteiger partial charge in [-0.25, -0.2) is 13.1 Å². The number of rotatable bonds is 6. The normalized spacial score (nSPS) is 13.3. The van der Waals surface area contributed by atoms with Crippen molar-refractivity contribution < 1.29 is 13.5 Å². The molecule has 1 unspecified atom stereocenters. The molecule has 9 heteroatoms. The van der Waals surface area contributed by atoms with Gasteiger partial charge >= 0.3 is 0 Å². The van der Waals surface area contributed by atoms with E-state index in [1.165, 1.54) is 28.7 Å². The summed E-state index contributed by atoms with van der Waals surface area (Å²) < 4.78 is 27.5. The highest BCUT2D eigenvalue weighted by Gasteiger charge is 2.18. The SMILES string of the molecule is O=S(=O)(NCc1ccc(C(O)c2cccs2)s1)c1ccc(Cl)s1. The molecular formula is C14H12ClNO3S4. The van der Waals surface area contributed by atoms with E-state index in [2.05, 4.69) is 4.72 Å². The van der Waals surface area contributed by atoms with Gasteiger partial charge in [-0.2, -0.15) is 0 Å². The first-order valence-corrected chi connectivity index (χ1v) is 10.9. The Morgan fingerprint density at radius 3 is 2.61 bits per heavy atom. The Labute approximate surface area is 151 Å². The molecule has 0 aromatic carbocycles. The van der Waals surface area contributed by atoms with Gasteiger partial charge in [-0.15, -0.1) is 34.0 Å². The van der Waals surface area contributed by atoms with E-state index in [1.54, 1.807) is 6.07 Å². The third-order valence-electron chi connectivity index (χ3n) is 3.01. The minimum atomic E-state index is -3.56. The number of halogens is 1. The minimum absolute atomic E-state index is 0.180. The van der Waals surface area contributed by atoms with Crippen molar-refractivity contribution >= 4 is 55.6 Å². The molecule has 0 fully saturated rings. The van der Waals surface area contributed by atoms with Gasteiger partial charge in [0.1, 0.15) is 10.3 Å². The molecule has 0 radical (unpaired) electrons. The summed E-state index contributed by atoms with van der Waals surface area (Å²) in [5, 5.41) is 12.2. The van der Waals surface area contributed by atoms with Crippen LogP contribution in [-0.2, 0) is 16.6 Å². The number of nitrogens with one attached hydrogen (secondary N) is 1. The Balaban J connectivity index is 1.68. The molecule has 2 N–H and O–H groups in total. The molecule has 0 saturated heterocycles. The highest BCUT2D eigenvalue weighted by Crippen LogP contribution is 2.31. The van der Waals surface area contributed by atoms with Crippen LogP contribution < -0.4 is 4.72 Å². The second-order valence-corrected chi connectivity index (χ2v) is 10.5. The number of hydrogen-bond donors (Lipinski definition) is 2. The standard InChI is InChI=1S/C14H12ClNO3S4/c15-12-5-6-13(22-12)23(18,19)16-8-9-3-4-11(21-9)14(17)10-2-1-7-20-10/h1-7,14,16-17H,8H2. The van der Waals surface area contributed by atoms with Crippen LogP contribution in [-0.4, -0.2) is 13.5 Å². The largest absolute Gasteiger partial charge is 0.382 e. The maximum atomic E-state index is 12.1. The summed E-state index contributed by atoms with van der Waals surface area (Å²) in [6.07, 6.45) is -0.665. The molecule has 0 bridgehead atoms. The van der Waals surface area contributed by atoms with Crippen LogP contribution in [0.1, 0.15) is 20.7 Å². The molecule has 0 saturated carbocycles. The van der Waals surface area contributed by atoms with Crippen LogP contribution in [0.2, 0.25) is 4.34 Å². The van der Waals surface area contributed by atoms with Gasteiger partial charge in [0.05, 0.1) is 4.34 Å². The third kappa shape index (κ3) is 4.03. The summed E-state index contributed by atoms with van der Waals surface area (Å²) in [5.41, 5.74) is 0. The molecule has 3 heterocycles. The molecule has 0 aliphatic rings. The maximum Gasteiger partial charge on any atom is 0.250 e. The van der Waals surface area contributed by atoms with E-state index in [9.17, 15) is 13.5 Å². The van der Waals surface area contributed by atoms with E-state index in [-0.39, 0.29) is 10.8 Å². The van der Waals surface area contributed by atoms with Gasteiger partial charge in [0.25, 0.3) is 0 Å². The molecule has 23 heavy (non-hydrogen) atoms. The zero-order valence-electron chi connectivity index (χ0n) is 11.6. The van der Waals surface area contributed by atoms with Crippen LogP contribution in [0.5, 0.6) is 0 Å². The van der Waals surface area contributed by atoms with E-state index in [1.807, 2.05) is 29.6 Å². The summed E-state index contributed by atoms with van der Waals surface area (Å²) in [7, 11) is -3.56. The summed E-state index contributed by atoms with van der Waals surface area (Å²) in [6.45, 7) is 0.180. The summed E-state index contributed by atoms with van der Waals surface area (Å²) >= 11 is 9.66. The average molecular weight is 406 g/mol. The van der Waals surface area contributed by atoms with Gasteiger partial charge in [0.15, 0.2) is 0 Å².